The first-order valence-corrected chi connectivity index (χ1v) is 10.6. The van der Waals surface area contributed by atoms with E-state index in [9.17, 15) is 4.79 Å². The first kappa shape index (κ1) is 20.2. The van der Waals surface area contributed by atoms with Crippen molar-refractivity contribution in [3.63, 3.8) is 0 Å². The summed E-state index contributed by atoms with van der Waals surface area (Å²) in [4.78, 5) is 21.3. The van der Waals surface area contributed by atoms with Gasteiger partial charge in [0.2, 0.25) is 0 Å². The monoisotopic (exact) mass is 380 g/mol. The minimum atomic E-state index is -0.00346. The number of hydrogen-bond acceptors (Lipinski definition) is 6. The van der Waals surface area contributed by atoms with Gasteiger partial charge in [0.05, 0.1) is 10.2 Å². The number of benzene rings is 1. The van der Waals surface area contributed by atoms with Gasteiger partial charge in [-0.3, -0.25) is 4.79 Å². The molecule has 5 nitrogen and oxygen atoms in total. The largest absolute Gasteiger partial charge is 0.352 e. The van der Waals surface area contributed by atoms with Crippen LogP contribution in [0.3, 0.4) is 0 Å². The third kappa shape index (κ3) is 6.58. The van der Waals surface area contributed by atoms with Crippen molar-refractivity contribution in [1.29, 1.82) is 0 Å². The van der Waals surface area contributed by atoms with Gasteiger partial charge in [-0.1, -0.05) is 11.8 Å². The first-order valence-electron chi connectivity index (χ1n) is 8.55. The van der Waals surface area contributed by atoms with Gasteiger partial charge in [-0.2, -0.15) is 0 Å². The highest BCUT2D eigenvalue weighted by Crippen LogP contribution is 2.28. The van der Waals surface area contributed by atoms with Crippen molar-refractivity contribution >= 4 is 39.2 Å². The van der Waals surface area contributed by atoms with E-state index in [4.69, 9.17) is 0 Å². The van der Waals surface area contributed by atoms with Crippen LogP contribution < -0.4 is 5.32 Å². The lowest BCUT2D eigenvalue weighted by atomic mass is 10.2. The third-order valence-electron chi connectivity index (χ3n) is 3.95. The maximum absolute atomic E-state index is 12.3. The highest BCUT2D eigenvalue weighted by Gasteiger charge is 2.09. The number of nitrogens with one attached hydrogen (secondary N) is 1. The Morgan fingerprint density at radius 3 is 2.68 bits per heavy atom. The minimum absolute atomic E-state index is 0.00346. The van der Waals surface area contributed by atoms with E-state index < -0.39 is 0 Å². The van der Waals surface area contributed by atoms with Crippen molar-refractivity contribution in [2.45, 2.75) is 17.2 Å². The van der Waals surface area contributed by atoms with E-state index in [1.165, 1.54) is 6.42 Å². The lowest BCUT2D eigenvalue weighted by Crippen LogP contribution is -2.29. The number of amides is 1. The number of hydrogen-bond donors (Lipinski definition) is 1. The molecular formula is C18H28N4OS2. The fourth-order valence-electron chi connectivity index (χ4n) is 2.55. The Bertz CT molecular complexity index is 687. The second-order valence-corrected chi connectivity index (χ2v) is 8.52. The molecule has 0 aliphatic rings. The molecule has 0 atom stereocenters. The Morgan fingerprint density at radius 2 is 1.96 bits per heavy atom. The van der Waals surface area contributed by atoms with Crippen LogP contribution in [0.15, 0.2) is 22.5 Å². The number of aromatic nitrogens is 1. The van der Waals surface area contributed by atoms with Crippen LogP contribution in [-0.2, 0) is 0 Å². The summed E-state index contributed by atoms with van der Waals surface area (Å²) in [5, 5.41) is 3.02. The lowest BCUT2D eigenvalue weighted by Gasteiger charge is -2.18. The Kier molecular flexibility index (Phi) is 8.15. The zero-order valence-corrected chi connectivity index (χ0v) is 17.2. The van der Waals surface area contributed by atoms with Crippen molar-refractivity contribution in [3.8, 4) is 0 Å². The molecule has 0 bridgehead atoms. The summed E-state index contributed by atoms with van der Waals surface area (Å²) in [5.41, 5.74) is 1.67. The van der Waals surface area contributed by atoms with Gasteiger partial charge in [0.15, 0.2) is 4.34 Å². The summed E-state index contributed by atoms with van der Waals surface area (Å²) in [6.45, 7) is 3.90. The van der Waals surface area contributed by atoms with Crippen LogP contribution in [0.2, 0.25) is 0 Å². The van der Waals surface area contributed by atoms with Gasteiger partial charge in [-0.15, -0.1) is 11.3 Å². The summed E-state index contributed by atoms with van der Waals surface area (Å²) in [5.74, 6) is -0.00346. The maximum atomic E-state index is 12.3. The van der Waals surface area contributed by atoms with Gasteiger partial charge in [0, 0.05) is 12.1 Å². The van der Waals surface area contributed by atoms with E-state index >= 15 is 0 Å². The SMILES string of the molecule is CSc1nc2ccc(C(=O)NCCCN(C)CCCN(C)C)cc2s1. The zero-order valence-electron chi connectivity index (χ0n) is 15.5. The molecule has 7 heteroatoms. The molecule has 0 spiro atoms. The molecule has 2 rings (SSSR count). The summed E-state index contributed by atoms with van der Waals surface area (Å²) in [6, 6.07) is 5.73. The molecule has 0 aliphatic carbocycles. The number of carbonyl (C=O) groups excluding carboxylic acids is 1. The molecule has 1 aromatic carbocycles. The van der Waals surface area contributed by atoms with E-state index in [0.717, 1.165) is 40.6 Å². The third-order valence-corrected chi connectivity index (χ3v) is 5.96. The number of rotatable bonds is 10. The van der Waals surface area contributed by atoms with Gasteiger partial charge in [0.25, 0.3) is 5.91 Å². The topological polar surface area (TPSA) is 48.5 Å². The molecule has 0 saturated carbocycles. The number of fused-ring (bicyclic) bond motifs is 1. The van der Waals surface area contributed by atoms with Crippen LogP contribution in [0.25, 0.3) is 10.2 Å². The van der Waals surface area contributed by atoms with Gasteiger partial charge in [-0.25, -0.2) is 4.98 Å². The van der Waals surface area contributed by atoms with E-state index in [2.05, 4.69) is 41.2 Å². The van der Waals surface area contributed by atoms with Crippen LogP contribution in [0.4, 0.5) is 0 Å². The first-order chi connectivity index (χ1) is 12.0. The van der Waals surface area contributed by atoms with Crippen LogP contribution in [0.1, 0.15) is 23.2 Å². The Labute approximate surface area is 158 Å². The Morgan fingerprint density at radius 1 is 1.20 bits per heavy atom. The second kappa shape index (κ2) is 10.1. The van der Waals surface area contributed by atoms with Crippen molar-refractivity contribution in [1.82, 2.24) is 20.1 Å². The second-order valence-electron chi connectivity index (χ2n) is 6.44. The van der Waals surface area contributed by atoms with Crippen molar-refractivity contribution in [2.75, 3.05) is 53.6 Å². The Balaban J connectivity index is 1.73. The van der Waals surface area contributed by atoms with Crippen molar-refractivity contribution < 1.29 is 4.79 Å². The fraction of sp³-hybridized carbons (Fsp3) is 0.556. The molecule has 1 amide bonds. The van der Waals surface area contributed by atoms with Crippen LogP contribution in [0, 0.1) is 0 Å². The van der Waals surface area contributed by atoms with Gasteiger partial charge in [-0.05, 0) is 78.1 Å². The molecular weight excluding hydrogens is 352 g/mol. The average molecular weight is 381 g/mol. The minimum Gasteiger partial charge on any atom is -0.352 e. The standard InChI is InChI=1S/C18H28N4OS2/c1-21(2)10-6-12-22(3)11-5-9-19-17(23)14-7-8-15-16(13-14)25-18(20-15)24-4/h7-8,13H,5-6,9-12H2,1-4H3,(H,19,23). The van der Waals surface area contributed by atoms with Gasteiger partial charge in [0.1, 0.15) is 0 Å². The molecule has 0 fully saturated rings. The predicted molar refractivity (Wildman–Crippen MR) is 109 cm³/mol. The summed E-state index contributed by atoms with van der Waals surface area (Å²) < 4.78 is 2.10. The van der Waals surface area contributed by atoms with Crippen molar-refractivity contribution in [3.05, 3.63) is 23.8 Å². The van der Waals surface area contributed by atoms with Gasteiger partial charge < -0.3 is 15.1 Å². The van der Waals surface area contributed by atoms with Crippen molar-refractivity contribution in [2.24, 2.45) is 0 Å². The highest BCUT2D eigenvalue weighted by molar-refractivity contribution is 8.00. The molecule has 2 aromatic rings. The fourth-order valence-corrected chi connectivity index (χ4v) is 4.08. The van der Waals surface area contributed by atoms with Gasteiger partial charge >= 0.3 is 0 Å². The average Bonchev–Trinajstić information content (AvgIpc) is 3.00. The van der Waals surface area contributed by atoms with Crippen LogP contribution in [-0.4, -0.2) is 74.3 Å². The number of thioether (sulfide) groups is 1. The number of nitrogens with zero attached hydrogens (tertiary/aromatic N) is 3. The zero-order chi connectivity index (χ0) is 18.2. The molecule has 0 saturated heterocycles. The molecule has 1 N–H and O–H groups in total. The van der Waals surface area contributed by atoms with E-state index in [-0.39, 0.29) is 5.91 Å². The smallest absolute Gasteiger partial charge is 0.251 e. The maximum Gasteiger partial charge on any atom is 0.251 e. The number of carbonyl (C=O) groups is 1. The van der Waals surface area contributed by atoms with Crippen LogP contribution >= 0.6 is 23.1 Å². The molecule has 0 radical (unpaired) electrons. The normalized spacial score (nSPS) is 11.6. The van der Waals surface area contributed by atoms with E-state index in [1.807, 2.05) is 24.5 Å². The lowest BCUT2D eigenvalue weighted by molar-refractivity contribution is 0.0952. The Hall–Kier alpha value is -1.15. The van der Waals surface area contributed by atoms with E-state index in [1.54, 1.807) is 23.1 Å². The predicted octanol–water partition coefficient (Wildman–Crippen LogP) is 3.02. The highest BCUT2D eigenvalue weighted by atomic mass is 32.2. The molecule has 25 heavy (non-hydrogen) atoms. The molecule has 138 valence electrons. The van der Waals surface area contributed by atoms with E-state index in [0.29, 0.717) is 12.1 Å². The number of thiazole rings is 1. The molecule has 0 aliphatic heterocycles. The molecule has 0 unspecified atom stereocenters. The quantitative estimate of drug-likeness (QED) is 0.507. The molecule has 1 heterocycles. The summed E-state index contributed by atoms with van der Waals surface area (Å²) >= 11 is 3.27. The molecule has 1 aromatic heterocycles. The summed E-state index contributed by atoms with van der Waals surface area (Å²) in [6.07, 6.45) is 4.15. The summed E-state index contributed by atoms with van der Waals surface area (Å²) in [7, 11) is 6.33. The van der Waals surface area contributed by atoms with Crippen LogP contribution in [0.5, 0.6) is 0 Å².